The van der Waals surface area contributed by atoms with Gasteiger partial charge in [-0.1, -0.05) is 31.4 Å². The van der Waals surface area contributed by atoms with Crippen LogP contribution in [0.4, 0.5) is 0 Å². The van der Waals surface area contributed by atoms with Gasteiger partial charge in [0.15, 0.2) is 5.96 Å². The second kappa shape index (κ2) is 12.6. The van der Waals surface area contributed by atoms with Crippen molar-refractivity contribution in [3.63, 3.8) is 0 Å². The summed E-state index contributed by atoms with van der Waals surface area (Å²) in [5, 5.41) is 7.04. The zero-order valence-corrected chi connectivity index (χ0v) is 20.2. The van der Waals surface area contributed by atoms with Gasteiger partial charge in [0.2, 0.25) is 0 Å². The van der Waals surface area contributed by atoms with Gasteiger partial charge in [-0.25, -0.2) is 4.99 Å². The third-order valence-corrected chi connectivity index (χ3v) is 5.22. The quantitative estimate of drug-likeness (QED) is 0.324. The first kappa shape index (κ1) is 24.2. The molecule has 0 bridgehead atoms. The number of hydrogen-bond donors (Lipinski definition) is 2. The topological polar surface area (TPSA) is 69.9 Å². The highest BCUT2D eigenvalue weighted by Crippen LogP contribution is 2.17. The lowest BCUT2D eigenvalue weighted by Gasteiger charge is -2.25. The smallest absolute Gasteiger partial charge is 0.253 e. The minimum atomic E-state index is 0. The van der Waals surface area contributed by atoms with E-state index in [2.05, 4.69) is 10.6 Å². The number of guanidine groups is 1. The normalized spacial score (nSPS) is 14.7. The number of nitrogens with zero attached hydrogens (tertiary/aromatic N) is 2. The van der Waals surface area contributed by atoms with Crippen LogP contribution in [0.1, 0.15) is 53.8 Å². The fraction of sp³-hybridized carbons (Fsp3) is 0.478. The Hall–Kier alpha value is -2.03. The molecule has 2 N–H and O–H groups in total. The number of benzene rings is 1. The van der Waals surface area contributed by atoms with Crippen molar-refractivity contribution >= 4 is 35.8 Å². The predicted molar refractivity (Wildman–Crippen MR) is 131 cm³/mol. The van der Waals surface area contributed by atoms with E-state index in [1.165, 1.54) is 32.1 Å². The first-order chi connectivity index (χ1) is 14.1. The van der Waals surface area contributed by atoms with Gasteiger partial charge >= 0.3 is 0 Å². The molecule has 1 heterocycles. The van der Waals surface area contributed by atoms with Gasteiger partial charge in [-0.15, -0.1) is 24.0 Å². The maximum Gasteiger partial charge on any atom is 0.253 e. The van der Waals surface area contributed by atoms with E-state index >= 15 is 0 Å². The van der Waals surface area contributed by atoms with E-state index < -0.39 is 0 Å². The first-order valence-corrected chi connectivity index (χ1v) is 10.5. The molecule has 0 unspecified atom stereocenters. The standard InChI is InChI=1S/C23H32N4O2.HI/c1-27(2)22(28)19-12-10-18(11-13-19)17-25-23(26-20-7-4-3-5-8-20)24-15-14-21-9-6-16-29-21;/h6,9-13,16,20H,3-5,7-8,14-15,17H2,1-2H3,(H2,24,25,26);1H. The first-order valence-electron chi connectivity index (χ1n) is 10.5. The molecule has 6 nitrogen and oxygen atoms in total. The van der Waals surface area contributed by atoms with Crippen LogP contribution in [-0.2, 0) is 13.0 Å². The van der Waals surface area contributed by atoms with Crippen LogP contribution >= 0.6 is 24.0 Å². The van der Waals surface area contributed by atoms with Crippen molar-refractivity contribution in [1.82, 2.24) is 15.5 Å². The highest BCUT2D eigenvalue weighted by molar-refractivity contribution is 14.0. The second-order valence-corrected chi connectivity index (χ2v) is 7.80. The molecule has 3 rings (SSSR count). The molecular formula is C23H33IN4O2. The fourth-order valence-corrected chi connectivity index (χ4v) is 3.53. The molecule has 1 aliphatic carbocycles. The van der Waals surface area contributed by atoms with Crippen LogP contribution in [-0.4, -0.2) is 43.4 Å². The number of amides is 1. The summed E-state index contributed by atoms with van der Waals surface area (Å²) in [4.78, 5) is 18.4. The Kier molecular flexibility index (Phi) is 10.2. The van der Waals surface area contributed by atoms with Gasteiger partial charge < -0.3 is 20.0 Å². The molecule has 0 aliphatic heterocycles. The molecule has 0 atom stereocenters. The minimum absolute atomic E-state index is 0. The molecule has 1 aromatic carbocycles. The molecule has 2 aromatic rings. The molecule has 0 spiro atoms. The van der Waals surface area contributed by atoms with E-state index in [9.17, 15) is 4.79 Å². The van der Waals surface area contributed by atoms with Crippen LogP contribution in [0.25, 0.3) is 0 Å². The molecule has 1 aliphatic rings. The number of carbonyl (C=O) groups excluding carboxylic acids is 1. The van der Waals surface area contributed by atoms with Gasteiger partial charge in [0.05, 0.1) is 12.8 Å². The van der Waals surface area contributed by atoms with Crippen LogP contribution in [0.3, 0.4) is 0 Å². The zero-order valence-electron chi connectivity index (χ0n) is 17.9. The highest BCUT2D eigenvalue weighted by Gasteiger charge is 2.14. The Morgan fingerprint density at radius 3 is 2.50 bits per heavy atom. The van der Waals surface area contributed by atoms with Gasteiger partial charge in [0, 0.05) is 38.7 Å². The van der Waals surface area contributed by atoms with Gasteiger partial charge in [0.25, 0.3) is 5.91 Å². The van der Waals surface area contributed by atoms with E-state index in [1.807, 2.05) is 36.4 Å². The Labute approximate surface area is 196 Å². The Balaban J connectivity index is 0.00000320. The van der Waals surface area contributed by atoms with Gasteiger partial charge in [-0.2, -0.15) is 0 Å². The summed E-state index contributed by atoms with van der Waals surface area (Å²) < 4.78 is 5.41. The van der Waals surface area contributed by atoms with E-state index in [1.54, 1.807) is 25.3 Å². The molecule has 7 heteroatoms. The number of rotatable bonds is 7. The largest absolute Gasteiger partial charge is 0.469 e. The number of carbonyl (C=O) groups is 1. The molecule has 0 radical (unpaired) electrons. The molecular weight excluding hydrogens is 491 g/mol. The summed E-state index contributed by atoms with van der Waals surface area (Å²) in [5.41, 5.74) is 1.77. The van der Waals surface area contributed by atoms with Gasteiger partial charge in [0.1, 0.15) is 5.76 Å². The lowest BCUT2D eigenvalue weighted by Crippen LogP contribution is -2.44. The number of nitrogens with one attached hydrogen (secondary N) is 2. The van der Waals surface area contributed by atoms with Crippen LogP contribution < -0.4 is 10.6 Å². The average molecular weight is 524 g/mol. The maximum absolute atomic E-state index is 12.0. The number of furan rings is 1. The Morgan fingerprint density at radius 1 is 1.13 bits per heavy atom. The van der Waals surface area contributed by atoms with Crippen molar-refractivity contribution in [2.24, 2.45) is 4.99 Å². The molecule has 1 fully saturated rings. The molecule has 1 saturated carbocycles. The van der Waals surface area contributed by atoms with Crippen molar-refractivity contribution in [3.05, 3.63) is 59.5 Å². The third-order valence-electron chi connectivity index (χ3n) is 5.22. The fourth-order valence-electron chi connectivity index (χ4n) is 3.53. The molecule has 30 heavy (non-hydrogen) atoms. The van der Waals surface area contributed by atoms with Crippen LogP contribution in [0.15, 0.2) is 52.1 Å². The summed E-state index contributed by atoms with van der Waals surface area (Å²) in [6.45, 7) is 1.33. The maximum atomic E-state index is 12.0. The van der Waals surface area contributed by atoms with E-state index in [-0.39, 0.29) is 29.9 Å². The Bertz CT molecular complexity index is 782. The van der Waals surface area contributed by atoms with Crippen molar-refractivity contribution in [2.45, 2.75) is 51.1 Å². The van der Waals surface area contributed by atoms with Gasteiger partial charge in [-0.05, 0) is 42.7 Å². The van der Waals surface area contributed by atoms with Crippen molar-refractivity contribution in [1.29, 1.82) is 0 Å². The van der Waals surface area contributed by atoms with Gasteiger partial charge in [-0.3, -0.25) is 4.79 Å². The summed E-state index contributed by atoms with van der Waals surface area (Å²) in [5.74, 6) is 1.83. The van der Waals surface area contributed by atoms with Crippen LogP contribution in [0, 0.1) is 0 Å². The summed E-state index contributed by atoms with van der Waals surface area (Å²) in [7, 11) is 3.52. The third kappa shape index (κ3) is 7.66. The SMILES string of the molecule is CN(C)C(=O)c1ccc(CN=C(NCCc2ccco2)NC2CCCCC2)cc1.I. The molecule has 0 saturated heterocycles. The predicted octanol–water partition coefficient (Wildman–Crippen LogP) is 4.21. The lowest BCUT2D eigenvalue weighted by atomic mass is 9.96. The molecule has 1 amide bonds. The summed E-state index contributed by atoms with van der Waals surface area (Å²) in [6, 6.07) is 12.1. The Morgan fingerprint density at radius 2 is 1.87 bits per heavy atom. The molecule has 164 valence electrons. The van der Waals surface area contributed by atoms with Crippen molar-refractivity contribution in [2.75, 3.05) is 20.6 Å². The zero-order chi connectivity index (χ0) is 20.5. The summed E-state index contributed by atoms with van der Waals surface area (Å²) >= 11 is 0. The van der Waals surface area contributed by atoms with Crippen LogP contribution in [0.2, 0.25) is 0 Å². The van der Waals surface area contributed by atoms with Crippen molar-refractivity contribution in [3.8, 4) is 0 Å². The monoisotopic (exact) mass is 524 g/mol. The molecule has 1 aromatic heterocycles. The summed E-state index contributed by atoms with van der Waals surface area (Å²) in [6.07, 6.45) is 8.79. The number of halogens is 1. The van der Waals surface area contributed by atoms with E-state index in [4.69, 9.17) is 9.41 Å². The minimum Gasteiger partial charge on any atom is -0.469 e. The lowest BCUT2D eigenvalue weighted by molar-refractivity contribution is 0.0827. The van der Waals surface area contributed by atoms with Crippen LogP contribution in [0.5, 0.6) is 0 Å². The highest BCUT2D eigenvalue weighted by atomic mass is 127. The second-order valence-electron chi connectivity index (χ2n) is 7.80. The van der Waals surface area contributed by atoms with Crippen molar-refractivity contribution < 1.29 is 9.21 Å². The number of aliphatic imine (C=N–C) groups is 1. The number of hydrogen-bond acceptors (Lipinski definition) is 3. The van der Waals surface area contributed by atoms with E-state index in [0.29, 0.717) is 18.2 Å². The average Bonchev–Trinajstić information content (AvgIpc) is 3.26. The van der Waals surface area contributed by atoms with E-state index in [0.717, 1.165) is 30.2 Å².